The zero-order valence-corrected chi connectivity index (χ0v) is 18.3. The molecule has 3 aromatic rings. The number of ether oxygens (including phenoxy) is 1. The van der Waals surface area contributed by atoms with Crippen molar-refractivity contribution in [3.8, 4) is 5.75 Å². The number of pyridine rings is 1. The molecule has 0 unspecified atom stereocenters. The van der Waals surface area contributed by atoms with E-state index in [1.807, 2.05) is 13.8 Å². The van der Waals surface area contributed by atoms with Crippen molar-refractivity contribution in [2.75, 3.05) is 0 Å². The van der Waals surface area contributed by atoms with Crippen molar-refractivity contribution in [1.29, 1.82) is 0 Å². The largest absolute Gasteiger partial charge is 0.485 e. The Morgan fingerprint density at radius 2 is 1.81 bits per heavy atom. The molecule has 6 nitrogen and oxygen atoms in total. The average molecular weight is 444 g/mol. The molecule has 0 aliphatic rings. The van der Waals surface area contributed by atoms with Gasteiger partial charge in [0.25, 0.3) is 0 Å². The molecule has 0 fully saturated rings. The van der Waals surface area contributed by atoms with Gasteiger partial charge >= 0.3 is 5.97 Å². The first-order valence-electron chi connectivity index (χ1n) is 10.5. The molecule has 170 valence electrons. The van der Waals surface area contributed by atoms with Crippen LogP contribution >= 0.6 is 0 Å². The maximum atomic E-state index is 13.9. The van der Waals surface area contributed by atoms with Gasteiger partial charge in [0.15, 0.2) is 17.2 Å². The summed E-state index contributed by atoms with van der Waals surface area (Å²) in [7, 11) is 0. The standard InChI is InChI=1S/C24H26F2N2O4/c1-14(2)10-16(12-22(30)31)11-20(29)23-15(3)27-24-21(8-5-9-28(23)24)32-13-17-18(25)6-4-7-19(17)26/h4-9,14,16H,10-13H2,1-3H3,(H,30,31)/t16-/m0/s1. The molecule has 0 bridgehead atoms. The highest BCUT2D eigenvalue weighted by Gasteiger charge is 2.24. The molecule has 0 aliphatic carbocycles. The summed E-state index contributed by atoms with van der Waals surface area (Å²) in [5, 5.41) is 9.20. The van der Waals surface area contributed by atoms with Gasteiger partial charge < -0.3 is 9.84 Å². The number of hydrogen-bond donors (Lipinski definition) is 1. The lowest BCUT2D eigenvalue weighted by Crippen LogP contribution is -2.17. The second kappa shape index (κ2) is 9.89. The number of carbonyl (C=O) groups excluding carboxylic acids is 1. The molecule has 2 aromatic heterocycles. The number of aryl methyl sites for hydroxylation is 1. The number of rotatable bonds is 10. The number of nitrogens with zero attached hydrogens (tertiary/aromatic N) is 2. The van der Waals surface area contributed by atoms with Crippen molar-refractivity contribution < 1.29 is 28.2 Å². The summed E-state index contributed by atoms with van der Waals surface area (Å²) in [6.45, 7) is 5.33. The Labute approximate surface area is 184 Å². The Balaban J connectivity index is 1.87. The Hall–Kier alpha value is -3.29. The van der Waals surface area contributed by atoms with Gasteiger partial charge in [-0.25, -0.2) is 13.8 Å². The van der Waals surface area contributed by atoms with Crippen LogP contribution in [0.3, 0.4) is 0 Å². The zero-order valence-electron chi connectivity index (χ0n) is 18.3. The van der Waals surface area contributed by atoms with Crippen LogP contribution in [0.4, 0.5) is 8.78 Å². The van der Waals surface area contributed by atoms with Gasteiger partial charge in [0.2, 0.25) is 0 Å². The monoisotopic (exact) mass is 444 g/mol. The summed E-state index contributed by atoms with van der Waals surface area (Å²) in [5.41, 5.74) is 0.978. The van der Waals surface area contributed by atoms with Crippen LogP contribution in [-0.2, 0) is 11.4 Å². The fourth-order valence-corrected chi connectivity index (χ4v) is 3.94. The minimum absolute atomic E-state index is 0.0811. The summed E-state index contributed by atoms with van der Waals surface area (Å²) in [6, 6.07) is 6.86. The third kappa shape index (κ3) is 5.30. The Bertz CT molecular complexity index is 1120. The van der Waals surface area contributed by atoms with Gasteiger partial charge in [-0.2, -0.15) is 0 Å². The van der Waals surface area contributed by atoms with Crippen LogP contribution in [-0.4, -0.2) is 26.2 Å². The first-order valence-corrected chi connectivity index (χ1v) is 10.5. The summed E-state index contributed by atoms with van der Waals surface area (Å²) < 4.78 is 35.1. The fraction of sp³-hybridized carbons (Fsp3) is 0.375. The van der Waals surface area contributed by atoms with Gasteiger partial charge in [-0.3, -0.25) is 14.0 Å². The average Bonchev–Trinajstić information content (AvgIpc) is 3.03. The highest BCUT2D eigenvalue weighted by Crippen LogP contribution is 2.27. The van der Waals surface area contributed by atoms with E-state index in [0.29, 0.717) is 23.5 Å². The number of carboxylic acids is 1. The summed E-state index contributed by atoms with van der Waals surface area (Å²) in [4.78, 5) is 28.8. The van der Waals surface area contributed by atoms with Crippen molar-refractivity contribution in [2.24, 2.45) is 11.8 Å². The zero-order chi connectivity index (χ0) is 23.4. The number of carbonyl (C=O) groups is 2. The minimum Gasteiger partial charge on any atom is -0.485 e. The van der Waals surface area contributed by atoms with Crippen LogP contribution in [0, 0.1) is 30.4 Å². The molecule has 1 N–H and O–H groups in total. The molecule has 0 saturated heterocycles. The van der Waals surface area contributed by atoms with Gasteiger partial charge in [0.1, 0.15) is 23.9 Å². The van der Waals surface area contributed by atoms with Crippen LogP contribution in [0.25, 0.3) is 5.65 Å². The van der Waals surface area contributed by atoms with E-state index < -0.39 is 17.6 Å². The van der Waals surface area contributed by atoms with Gasteiger partial charge in [-0.05, 0) is 49.4 Å². The summed E-state index contributed by atoms with van der Waals surface area (Å²) in [6.07, 6.45) is 2.29. The number of halogens is 2. The highest BCUT2D eigenvalue weighted by molar-refractivity contribution is 5.97. The number of fused-ring (bicyclic) bond motifs is 1. The van der Waals surface area contributed by atoms with Crippen LogP contribution in [0.1, 0.15) is 54.9 Å². The number of imidazole rings is 1. The third-order valence-corrected chi connectivity index (χ3v) is 5.23. The van der Waals surface area contributed by atoms with Crippen LogP contribution in [0.2, 0.25) is 0 Å². The number of aromatic nitrogens is 2. The number of carboxylic acid groups (broad SMARTS) is 1. The third-order valence-electron chi connectivity index (χ3n) is 5.23. The molecule has 2 heterocycles. The number of ketones is 1. The van der Waals surface area contributed by atoms with E-state index in [1.165, 1.54) is 6.07 Å². The fourth-order valence-electron chi connectivity index (χ4n) is 3.94. The second-order valence-corrected chi connectivity index (χ2v) is 8.32. The Morgan fingerprint density at radius 1 is 1.12 bits per heavy atom. The van der Waals surface area contributed by atoms with E-state index in [1.54, 1.807) is 29.7 Å². The number of benzene rings is 1. The number of hydrogen-bond acceptors (Lipinski definition) is 4. The quantitative estimate of drug-likeness (QED) is 0.434. The predicted molar refractivity (Wildman–Crippen MR) is 115 cm³/mol. The van der Waals surface area contributed by atoms with Crippen LogP contribution < -0.4 is 4.74 Å². The topological polar surface area (TPSA) is 80.9 Å². The second-order valence-electron chi connectivity index (χ2n) is 8.32. The first-order chi connectivity index (χ1) is 15.2. The predicted octanol–water partition coefficient (Wildman–Crippen LogP) is 5.21. The van der Waals surface area contributed by atoms with Crippen molar-refractivity contribution >= 4 is 17.4 Å². The van der Waals surface area contributed by atoms with Gasteiger partial charge in [0.05, 0.1) is 11.3 Å². The van der Waals surface area contributed by atoms with Gasteiger partial charge in [0, 0.05) is 19.0 Å². The van der Waals surface area contributed by atoms with Crippen molar-refractivity contribution in [1.82, 2.24) is 9.38 Å². The summed E-state index contributed by atoms with van der Waals surface area (Å²) >= 11 is 0. The van der Waals surface area contributed by atoms with Gasteiger partial charge in [-0.15, -0.1) is 0 Å². The normalized spacial score (nSPS) is 12.3. The molecule has 1 atom stereocenters. The molecule has 0 aliphatic heterocycles. The maximum absolute atomic E-state index is 13.9. The smallest absolute Gasteiger partial charge is 0.303 e. The van der Waals surface area contributed by atoms with Gasteiger partial charge in [-0.1, -0.05) is 19.9 Å². The Kier molecular flexibility index (Phi) is 7.22. The summed E-state index contributed by atoms with van der Waals surface area (Å²) in [5.74, 6) is -2.30. The highest BCUT2D eigenvalue weighted by atomic mass is 19.1. The molecular formula is C24H26F2N2O4. The SMILES string of the molecule is Cc1nc2c(OCc3c(F)cccc3F)cccn2c1C(=O)C[C@@H](CC(=O)O)CC(C)C. The van der Waals surface area contributed by atoms with E-state index in [9.17, 15) is 23.5 Å². The van der Waals surface area contributed by atoms with E-state index in [2.05, 4.69) is 4.98 Å². The number of Topliss-reactive ketones (excluding diaryl/α,β-unsaturated/α-hetero) is 1. The van der Waals surface area contributed by atoms with E-state index in [4.69, 9.17) is 4.74 Å². The van der Waals surface area contributed by atoms with Crippen molar-refractivity contribution in [3.05, 3.63) is 65.1 Å². The Morgan fingerprint density at radius 3 is 2.44 bits per heavy atom. The van der Waals surface area contributed by atoms with E-state index >= 15 is 0 Å². The number of aliphatic carboxylic acids is 1. The lowest BCUT2D eigenvalue weighted by atomic mass is 9.89. The van der Waals surface area contributed by atoms with Crippen molar-refractivity contribution in [2.45, 2.75) is 46.6 Å². The van der Waals surface area contributed by atoms with Crippen molar-refractivity contribution in [3.63, 3.8) is 0 Å². The molecule has 3 rings (SSSR count). The van der Waals surface area contributed by atoms with Crippen LogP contribution in [0.5, 0.6) is 5.75 Å². The molecule has 0 amide bonds. The van der Waals surface area contributed by atoms with E-state index in [-0.39, 0.29) is 48.4 Å². The first kappa shape index (κ1) is 23.4. The molecular weight excluding hydrogens is 418 g/mol. The molecule has 0 spiro atoms. The molecule has 0 radical (unpaired) electrons. The molecule has 0 saturated carbocycles. The molecule has 32 heavy (non-hydrogen) atoms. The lowest BCUT2D eigenvalue weighted by Gasteiger charge is -2.16. The lowest BCUT2D eigenvalue weighted by molar-refractivity contribution is -0.138. The molecule has 1 aromatic carbocycles. The molecule has 8 heteroatoms. The maximum Gasteiger partial charge on any atom is 0.303 e. The van der Waals surface area contributed by atoms with Crippen LogP contribution in [0.15, 0.2) is 36.5 Å². The van der Waals surface area contributed by atoms with E-state index in [0.717, 1.165) is 12.1 Å². The minimum atomic E-state index is -0.936.